The van der Waals surface area contributed by atoms with Gasteiger partial charge in [-0.05, 0) is 44.6 Å². The average molecular weight is 249 g/mol. The number of aliphatic hydroxyl groups excluding tert-OH is 1. The van der Waals surface area contributed by atoms with Crippen LogP contribution >= 0.6 is 0 Å². The van der Waals surface area contributed by atoms with Gasteiger partial charge < -0.3 is 15.5 Å². The van der Waals surface area contributed by atoms with Crippen LogP contribution in [0, 0.1) is 5.92 Å². The van der Waals surface area contributed by atoms with Crippen LogP contribution < -0.4 is 5.32 Å². The third-order valence-corrected chi connectivity index (χ3v) is 3.99. The first-order valence-corrected chi connectivity index (χ1v) is 6.85. The fraction of sp³-hybridized carbons (Fsp3) is 0.600. The molecule has 2 rings (SSSR count). The standard InChI is InChI=1S/C15H23NO2/c1-11(14-4-2-3-5-15(14)18)16-13-8-6-12(10-17)7-9-13/h2-5,11-13,16-18H,6-10H2,1H3. The maximum Gasteiger partial charge on any atom is 0.120 e. The van der Waals surface area contributed by atoms with E-state index in [2.05, 4.69) is 12.2 Å². The molecule has 1 aromatic rings. The molecule has 1 aliphatic rings. The van der Waals surface area contributed by atoms with Crippen LogP contribution in [-0.2, 0) is 0 Å². The summed E-state index contributed by atoms with van der Waals surface area (Å²) in [5, 5.41) is 22.5. The van der Waals surface area contributed by atoms with Crippen LogP contribution in [0.15, 0.2) is 24.3 Å². The van der Waals surface area contributed by atoms with E-state index in [-0.39, 0.29) is 6.04 Å². The second-order valence-corrected chi connectivity index (χ2v) is 5.35. The summed E-state index contributed by atoms with van der Waals surface area (Å²) >= 11 is 0. The summed E-state index contributed by atoms with van der Waals surface area (Å²) in [5.41, 5.74) is 0.960. The summed E-state index contributed by atoms with van der Waals surface area (Å²) in [4.78, 5) is 0. The van der Waals surface area contributed by atoms with Crippen molar-refractivity contribution in [1.82, 2.24) is 5.32 Å². The van der Waals surface area contributed by atoms with Crippen molar-refractivity contribution in [3.63, 3.8) is 0 Å². The molecule has 3 N–H and O–H groups in total. The molecule has 18 heavy (non-hydrogen) atoms. The summed E-state index contributed by atoms with van der Waals surface area (Å²) in [6.07, 6.45) is 4.43. The Labute approximate surface area is 109 Å². The van der Waals surface area contributed by atoms with Gasteiger partial charge in [-0.2, -0.15) is 0 Å². The fourth-order valence-corrected chi connectivity index (χ4v) is 2.81. The minimum atomic E-state index is 0.168. The van der Waals surface area contributed by atoms with Crippen molar-refractivity contribution in [2.45, 2.75) is 44.7 Å². The maximum absolute atomic E-state index is 9.82. The lowest BCUT2D eigenvalue weighted by Crippen LogP contribution is -2.35. The van der Waals surface area contributed by atoms with Gasteiger partial charge in [0.25, 0.3) is 0 Å². The molecule has 1 saturated carbocycles. The molecule has 1 atom stereocenters. The lowest BCUT2D eigenvalue weighted by Gasteiger charge is -2.30. The lowest BCUT2D eigenvalue weighted by atomic mass is 9.86. The monoisotopic (exact) mass is 249 g/mol. The van der Waals surface area contributed by atoms with Gasteiger partial charge in [-0.1, -0.05) is 18.2 Å². The van der Waals surface area contributed by atoms with E-state index in [0.717, 1.165) is 31.2 Å². The number of benzene rings is 1. The van der Waals surface area contributed by atoms with E-state index >= 15 is 0 Å². The third kappa shape index (κ3) is 3.24. The second-order valence-electron chi connectivity index (χ2n) is 5.35. The van der Waals surface area contributed by atoms with Gasteiger partial charge in [0.15, 0.2) is 0 Å². The van der Waals surface area contributed by atoms with Gasteiger partial charge in [-0.15, -0.1) is 0 Å². The number of aliphatic hydroxyl groups is 1. The summed E-state index contributed by atoms with van der Waals surface area (Å²) in [5.74, 6) is 0.852. The number of hydrogen-bond acceptors (Lipinski definition) is 3. The molecule has 0 bridgehead atoms. The van der Waals surface area contributed by atoms with E-state index < -0.39 is 0 Å². The van der Waals surface area contributed by atoms with E-state index in [1.807, 2.05) is 18.2 Å². The Morgan fingerprint density at radius 1 is 1.22 bits per heavy atom. The molecule has 0 aromatic heterocycles. The van der Waals surface area contributed by atoms with Gasteiger partial charge in [-0.3, -0.25) is 0 Å². The third-order valence-electron chi connectivity index (χ3n) is 3.99. The highest BCUT2D eigenvalue weighted by molar-refractivity contribution is 5.34. The number of nitrogens with one attached hydrogen (secondary N) is 1. The smallest absolute Gasteiger partial charge is 0.120 e. The zero-order valence-corrected chi connectivity index (χ0v) is 11.0. The molecule has 0 saturated heterocycles. The summed E-state index contributed by atoms with van der Waals surface area (Å²) in [6.45, 7) is 2.41. The van der Waals surface area contributed by atoms with Crippen molar-refractivity contribution in [2.24, 2.45) is 5.92 Å². The number of phenols is 1. The molecule has 1 fully saturated rings. The largest absolute Gasteiger partial charge is 0.508 e. The van der Waals surface area contributed by atoms with Crippen LogP contribution in [0.3, 0.4) is 0 Å². The predicted octanol–water partition coefficient (Wildman–Crippen LogP) is 2.59. The Morgan fingerprint density at radius 3 is 2.50 bits per heavy atom. The van der Waals surface area contributed by atoms with Crippen molar-refractivity contribution < 1.29 is 10.2 Å². The molecule has 1 aliphatic carbocycles. The Kier molecular flexibility index (Phi) is 4.61. The van der Waals surface area contributed by atoms with Crippen molar-refractivity contribution in [2.75, 3.05) is 6.61 Å². The van der Waals surface area contributed by atoms with Gasteiger partial charge in [0, 0.05) is 24.3 Å². The molecule has 0 radical (unpaired) electrons. The average Bonchev–Trinajstić information content (AvgIpc) is 2.40. The SMILES string of the molecule is CC(NC1CCC(CO)CC1)c1ccccc1O. The molecule has 0 amide bonds. The van der Waals surface area contributed by atoms with Crippen molar-refractivity contribution in [3.05, 3.63) is 29.8 Å². The van der Waals surface area contributed by atoms with Crippen LogP contribution in [0.1, 0.15) is 44.2 Å². The van der Waals surface area contributed by atoms with E-state index in [0.29, 0.717) is 24.3 Å². The van der Waals surface area contributed by atoms with E-state index in [9.17, 15) is 5.11 Å². The maximum atomic E-state index is 9.82. The Balaban J connectivity index is 1.89. The minimum absolute atomic E-state index is 0.168. The highest BCUT2D eigenvalue weighted by Gasteiger charge is 2.22. The molecule has 100 valence electrons. The molecular weight excluding hydrogens is 226 g/mol. The second kappa shape index (κ2) is 6.21. The zero-order chi connectivity index (χ0) is 13.0. The van der Waals surface area contributed by atoms with E-state index in [4.69, 9.17) is 5.11 Å². The number of rotatable bonds is 4. The minimum Gasteiger partial charge on any atom is -0.508 e. The van der Waals surface area contributed by atoms with E-state index in [1.165, 1.54) is 0 Å². The normalized spacial score (nSPS) is 25.9. The first-order valence-electron chi connectivity index (χ1n) is 6.85. The summed E-state index contributed by atoms with van der Waals surface area (Å²) in [6, 6.07) is 8.17. The molecule has 3 heteroatoms. The number of aromatic hydroxyl groups is 1. The molecular formula is C15H23NO2. The predicted molar refractivity (Wildman–Crippen MR) is 72.5 cm³/mol. The van der Waals surface area contributed by atoms with Gasteiger partial charge in [0.2, 0.25) is 0 Å². The first kappa shape index (κ1) is 13.4. The lowest BCUT2D eigenvalue weighted by molar-refractivity contribution is 0.172. The van der Waals surface area contributed by atoms with Crippen LogP contribution in [0.25, 0.3) is 0 Å². The van der Waals surface area contributed by atoms with Gasteiger partial charge >= 0.3 is 0 Å². The Bertz CT molecular complexity index is 373. The molecule has 0 spiro atoms. The topological polar surface area (TPSA) is 52.5 Å². The highest BCUT2D eigenvalue weighted by Crippen LogP contribution is 2.28. The van der Waals surface area contributed by atoms with Crippen LogP contribution in [0.4, 0.5) is 0 Å². The van der Waals surface area contributed by atoms with Crippen molar-refractivity contribution in [3.8, 4) is 5.75 Å². The van der Waals surface area contributed by atoms with Crippen LogP contribution in [0.2, 0.25) is 0 Å². The van der Waals surface area contributed by atoms with Crippen molar-refractivity contribution >= 4 is 0 Å². The van der Waals surface area contributed by atoms with Crippen molar-refractivity contribution in [1.29, 1.82) is 0 Å². The molecule has 0 aliphatic heterocycles. The number of hydrogen-bond donors (Lipinski definition) is 3. The van der Waals surface area contributed by atoms with E-state index in [1.54, 1.807) is 6.07 Å². The fourth-order valence-electron chi connectivity index (χ4n) is 2.81. The quantitative estimate of drug-likeness (QED) is 0.769. The first-order chi connectivity index (χ1) is 8.70. The Hall–Kier alpha value is -1.06. The summed E-state index contributed by atoms with van der Waals surface area (Å²) in [7, 11) is 0. The van der Waals surface area contributed by atoms with Crippen LogP contribution in [-0.4, -0.2) is 22.9 Å². The summed E-state index contributed by atoms with van der Waals surface area (Å²) < 4.78 is 0. The molecule has 1 unspecified atom stereocenters. The van der Waals surface area contributed by atoms with Gasteiger partial charge in [0.1, 0.15) is 5.75 Å². The molecule has 0 heterocycles. The number of phenolic OH excluding ortho intramolecular Hbond substituents is 1. The highest BCUT2D eigenvalue weighted by atomic mass is 16.3. The Morgan fingerprint density at radius 2 is 1.89 bits per heavy atom. The molecule has 3 nitrogen and oxygen atoms in total. The van der Waals surface area contributed by atoms with Gasteiger partial charge in [-0.25, -0.2) is 0 Å². The molecule has 1 aromatic carbocycles. The zero-order valence-electron chi connectivity index (χ0n) is 11.0. The van der Waals surface area contributed by atoms with Crippen LogP contribution in [0.5, 0.6) is 5.75 Å². The number of para-hydroxylation sites is 1. The van der Waals surface area contributed by atoms with Gasteiger partial charge in [0.05, 0.1) is 0 Å².